The molecular weight excluding hydrogens is 330 g/mol. The van der Waals surface area contributed by atoms with Gasteiger partial charge in [-0.2, -0.15) is 4.31 Å². The number of halogens is 1. The molecule has 22 heavy (non-hydrogen) atoms. The van der Waals surface area contributed by atoms with Gasteiger partial charge in [0.15, 0.2) is 0 Å². The largest absolute Gasteiger partial charge is 0.495 e. The molecule has 8 heteroatoms. The minimum atomic E-state index is -3.80. The molecule has 0 aliphatic carbocycles. The van der Waals surface area contributed by atoms with E-state index in [9.17, 15) is 18.3 Å². The Kier molecular flexibility index (Phi) is 4.99. The van der Waals surface area contributed by atoms with Crippen LogP contribution < -0.4 is 4.74 Å². The lowest BCUT2D eigenvalue weighted by atomic mass is 9.92. The number of sulfonamides is 1. The van der Waals surface area contributed by atoms with Crippen molar-refractivity contribution >= 4 is 27.6 Å². The Labute approximate surface area is 134 Å². The zero-order valence-corrected chi connectivity index (χ0v) is 13.9. The molecule has 1 aromatic rings. The third-order valence-electron chi connectivity index (χ3n) is 3.98. The summed E-state index contributed by atoms with van der Waals surface area (Å²) in [5.41, 5.74) is 0. The van der Waals surface area contributed by atoms with Gasteiger partial charge in [-0.05, 0) is 31.9 Å². The summed E-state index contributed by atoms with van der Waals surface area (Å²) in [5.74, 6) is -1.40. The summed E-state index contributed by atoms with van der Waals surface area (Å²) >= 11 is 5.91. The van der Waals surface area contributed by atoms with E-state index < -0.39 is 28.0 Å². The van der Waals surface area contributed by atoms with Crippen molar-refractivity contribution in [3.63, 3.8) is 0 Å². The quantitative estimate of drug-likeness (QED) is 0.902. The van der Waals surface area contributed by atoms with Crippen LogP contribution >= 0.6 is 11.6 Å². The second kappa shape index (κ2) is 6.44. The fraction of sp³-hybridized carbons (Fsp3) is 0.500. The van der Waals surface area contributed by atoms with Crippen molar-refractivity contribution in [3.8, 4) is 5.75 Å². The van der Waals surface area contributed by atoms with Crippen LogP contribution in [0.2, 0.25) is 5.02 Å². The third kappa shape index (κ3) is 3.06. The molecule has 1 heterocycles. The van der Waals surface area contributed by atoms with Crippen molar-refractivity contribution in [2.45, 2.75) is 30.7 Å². The predicted octanol–water partition coefficient (Wildman–Crippen LogP) is 2.22. The van der Waals surface area contributed by atoms with Crippen molar-refractivity contribution in [2.24, 2.45) is 5.92 Å². The molecule has 1 saturated heterocycles. The van der Waals surface area contributed by atoms with Crippen LogP contribution in [0.25, 0.3) is 0 Å². The molecule has 0 aromatic heterocycles. The van der Waals surface area contributed by atoms with E-state index in [1.165, 1.54) is 29.6 Å². The lowest BCUT2D eigenvalue weighted by molar-refractivity contribution is -0.144. The van der Waals surface area contributed by atoms with Crippen LogP contribution in [0.1, 0.15) is 19.8 Å². The monoisotopic (exact) mass is 347 g/mol. The number of rotatable bonds is 4. The summed E-state index contributed by atoms with van der Waals surface area (Å²) < 4.78 is 31.9. The van der Waals surface area contributed by atoms with Crippen molar-refractivity contribution < 1.29 is 23.1 Å². The molecule has 2 atom stereocenters. The fourth-order valence-electron chi connectivity index (χ4n) is 2.72. The van der Waals surface area contributed by atoms with Gasteiger partial charge in [-0.1, -0.05) is 11.6 Å². The zero-order chi connectivity index (χ0) is 16.5. The topological polar surface area (TPSA) is 83.9 Å². The predicted molar refractivity (Wildman–Crippen MR) is 81.7 cm³/mol. The summed E-state index contributed by atoms with van der Waals surface area (Å²) in [6, 6.07) is 3.61. The molecule has 0 unspecified atom stereocenters. The van der Waals surface area contributed by atoms with E-state index in [2.05, 4.69) is 0 Å². The second-order valence-electron chi connectivity index (χ2n) is 5.24. The number of hydrogen-bond donors (Lipinski definition) is 1. The summed E-state index contributed by atoms with van der Waals surface area (Å²) in [6.07, 6.45) is 0.998. The molecule has 2 rings (SSSR count). The minimum Gasteiger partial charge on any atom is -0.495 e. The van der Waals surface area contributed by atoms with Gasteiger partial charge in [0.25, 0.3) is 0 Å². The van der Waals surface area contributed by atoms with Gasteiger partial charge in [0.05, 0.1) is 22.9 Å². The number of hydrogen-bond acceptors (Lipinski definition) is 4. The highest BCUT2D eigenvalue weighted by molar-refractivity contribution is 7.89. The molecule has 6 nitrogen and oxygen atoms in total. The maximum absolute atomic E-state index is 12.8. The minimum absolute atomic E-state index is 0.0478. The summed E-state index contributed by atoms with van der Waals surface area (Å²) in [6.45, 7) is 1.93. The highest BCUT2D eigenvalue weighted by atomic mass is 35.5. The Morgan fingerprint density at radius 1 is 1.45 bits per heavy atom. The van der Waals surface area contributed by atoms with E-state index in [0.717, 1.165) is 0 Å². The molecule has 0 amide bonds. The highest BCUT2D eigenvalue weighted by Crippen LogP contribution is 2.32. The smallest absolute Gasteiger partial charge is 0.308 e. The average molecular weight is 348 g/mol. The van der Waals surface area contributed by atoms with E-state index in [-0.39, 0.29) is 10.6 Å². The van der Waals surface area contributed by atoms with Crippen LogP contribution in [0.3, 0.4) is 0 Å². The summed E-state index contributed by atoms with van der Waals surface area (Å²) in [4.78, 5) is 11.3. The van der Waals surface area contributed by atoms with Gasteiger partial charge in [-0.25, -0.2) is 8.42 Å². The lowest BCUT2D eigenvalue weighted by Crippen LogP contribution is -2.48. The Morgan fingerprint density at radius 3 is 2.73 bits per heavy atom. The SMILES string of the molecule is COc1cc(S(=O)(=O)N2CCC[C@H](C(=O)O)[C@@H]2C)ccc1Cl. The lowest BCUT2D eigenvalue weighted by Gasteiger charge is -2.36. The van der Waals surface area contributed by atoms with Gasteiger partial charge in [0, 0.05) is 18.7 Å². The average Bonchev–Trinajstić information content (AvgIpc) is 2.47. The maximum Gasteiger partial charge on any atom is 0.308 e. The number of ether oxygens (including phenoxy) is 1. The summed E-state index contributed by atoms with van der Waals surface area (Å²) in [7, 11) is -2.39. The molecule has 0 bridgehead atoms. The summed E-state index contributed by atoms with van der Waals surface area (Å²) in [5, 5.41) is 9.54. The number of benzene rings is 1. The van der Waals surface area contributed by atoms with Crippen molar-refractivity contribution in [1.82, 2.24) is 4.31 Å². The molecular formula is C14H18ClNO5S. The molecule has 1 aromatic carbocycles. The third-order valence-corrected chi connectivity index (χ3v) is 6.27. The number of aliphatic carboxylic acids is 1. The van der Waals surface area contributed by atoms with Gasteiger partial charge in [0.2, 0.25) is 10.0 Å². The molecule has 122 valence electrons. The van der Waals surface area contributed by atoms with Gasteiger partial charge in [0.1, 0.15) is 5.75 Å². The molecule has 1 fully saturated rings. The van der Waals surface area contributed by atoms with E-state index in [1.807, 2.05) is 0 Å². The Hall–Kier alpha value is -1.31. The second-order valence-corrected chi connectivity index (χ2v) is 7.54. The maximum atomic E-state index is 12.8. The molecule has 1 N–H and O–H groups in total. The first-order valence-electron chi connectivity index (χ1n) is 6.87. The molecule has 0 saturated carbocycles. The number of piperidine rings is 1. The van der Waals surface area contributed by atoms with Crippen LogP contribution in [0.4, 0.5) is 0 Å². The van der Waals surface area contributed by atoms with Crippen LogP contribution in [0.15, 0.2) is 23.1 Å². The van der Waals surface area contributed by atoms with Crippen LogP contribution in [0, 0.1) is 5.92 Å². The Balaban J connectivity index is 2.39. The van der Waals surface area contributed by atoms with Gasteiger partial charge >= 0.3 is 5.97 Å². The molecule has 0 radical (unpaired) electrons. The number of nitrogens with zero attached hydrogens (tertiary/aromatic N) is 1. The van der Waals surface area contributed by atoms with E-state index in [0.29, 0.717) is 24.4 Å². The first-order valence-corrected chi connectivity index (χ1v) is 8.69. The number of methoxy groups -OCH3 is 1. The fourth-order valence-corrected chi connectivity index (χ4v) is 4.63. The number of carboxylic acid groups (broad SMARTS) is 1. The number of carbonyl (C=O) groups is 1. The standard InChI is InChI=1S/C14H18ClNO5S/c1-9-11(14(17)18)4-3-7-16(9)22(19,20)10-5-6-12(15)13(8-10)21-2/h5-6,8-9,11H,3-4,7H2,1-2H3,(H,17,18)/t9-,11-/m0/s1. The van der Waals surface area contributed by atoms with Crippen molar-refractivity contribution in [2.75, 3.05) is 13.7 Å². The first-order chi connectivity index (χ1) is 10.3. The number of carboxylic acids is 1. The molecule has 1 aliphatic rings. The normalized spacial score (nSPS) is 23.2. The Morgan fingerprint density at radius 2 is 2.14 bits per heavy atom. The van der Waals surface area contributed by atoms with Gasteiger partial charge < -0.3 is 9.84 Å². The Bertz CT molecular complexity index is 676. The van der Waals surface area contributed by atoms with E-state index in [4.69, 9.17) is 16.3 Å². The van der Waals surface area contributed by atoms with Gasteiger partial charge in [-0.15, -0.1) is 0 Å². The van der Waals surface area contributed by atoms with E-state index in [1.54, 1.807) is 6.92 Å². The first kappa shape index (κ1) is 17.1. The highest BCUT2D eigenvalue weighted by Gasteiger charge is 2.39. The molecule has 1 aliphatic heterocycles. The van der Waals surface area contributed by atoms with Crippen LogP contribution in [0.5, 0.6) is 5.75 Å². The van der Waals surface area contributed by atoms with Crippen LogP contribution in [-0.2, 0) is 14.8 Å². The van der Waals surface area contributed by atoms with Crippen molar-refractivity contribution in [1.29, 1.82) is 0 Å². The van der Waals surface area contributed by atoms with E-state index >= 15 is 0 Å². The van der Waals surface area contributed by atoms with Gasteiger partial charge in [-0.3, -0.25) is 4.79 Å². The van der Waals surface area contributed by atoms with Crippen LogP contribution in [-0.4, -0.2) is 43.5 Å². The zero-order valence-electron chi connectivity index (χ0n) is 12.3. The molecule has 0 spiro atoms. The van der Waals surface area contributed by atoms with Crippen molar-refractivity contribution in [3.05, 3.63) is 23.2 Å².